The molecule has 0 aliphatic rings. The third-order valence-electron chi connectivity index (χ3n) is 2.47. The Balaban J connectivity index is 3.20. The average molecular weight is 295 g/mol. The van der Waals surface area contributed by atoms with E-state index in [1.165, 1.54) is 0 Å². The van der Waals surface area contributed by atoms with Gasteiger partial charge in [0.05, 0.1) is 18.9 Å². The van der Waals surface area contributed by atoms with Gasteiger partial charge in [0.25, 0.3) is 0 Å². The van der Waals surface area contributed by atoms with Gasteiger partial charge in [-0.1, -0.05) is 23.8 Å². The Labute approximate surface area is 121 Å². The third-order valence-corrected chi connectivity index (χ3v) is 4.48. The maximum Gasteiger partial charge on any atom is 0.379 e. The Kier molecular flexibility index (Phi) is 6.86. The SMILES string of the molecule is C/C=C/C(=Nc1ccc(C)cc1)P(=O)(OCC)OCC. The molecule has 0 amide bonds. The van der Waals surface area contributed by atoms with Gasteiger partial charge in [0.2, 0.25) is 0 Å². The van der Waals surface area contributed by atoms with Crippen LogP contribution < -0.4 is 0 Å². The first-order chi connectivity index (χ1) is 9.55. The molecular formula is C15H22NO3P. The standard InChI is InChI=1S/C15H22NO3P/c1-5-8-15(20(17,18-6-2)19-7-3)16-14-11-9-13(4)10-12-14/h5,8-12H,6-7H2,1-4H3/b8-5+,16-15?. The first-order valence-electron chi connectivity index (χ1n) is 6.73. The summed E-state index contributed by atoms with van der Waals surface area (Å²) in [5, 5.41) is 0. The molecule has 0 aliphatic carbocycles. The molecule has 4 nitrogen and oxygen atoms in total. The van der Waals surface area contributed by atoms with Crippen molar-refractivity contribution in [2.75, 3.05) is 13.2 Å². The van der Waals surface area contributed by atoms with E-state index < -0.39 is 7.60 Å². The van der Waals surface area contributed by atoms with E-state index in [2.05, 4.69) is 4.99 Å². The van der Waals surface area contributed by atoms with Gasteiger partial charge < -0.3 is 9.05 Å². The van der Waals surface area contributed by atoms with Gasteiger partial charge in [-0.15, -0.1) is 0 Å². The van der Waals surface area contributed by atoms with Crippen molar-refractivity contribution in [3.63, 3.8) is 0 Å². The molecule has 1 rings (SSSR count). The molecule has 0 heterocycles. The third kappa shape index (κ3) is 4.71. The fourth-order valence-corrected chi connectivity index (χ4v) is 3.19. The van der Waals surface area contributed by atoms with Gasteiger partial charge in [-0.2, -0.15) is 0 Å². The van der Waals surface area contributed by atoms with Crippen LogP contribution in [0.5, 0.6) is 0 Å². The van der Waals surface area contributed by atoms with Crippen molar-refractivity contribution in [1.82, 2.24) is 0 Å². The minimum absolute atomic E-state index is 0.307. The predicted octanol–water partition coefficient (Wildman–Crippen LogP) is 4.87. The number of benzene rings is 1. The minimum atomic E-state index is -3.36. The monoisotopic (exact) mass is 295 g/mol. The Morgan fingerprint density at radius 3 is 2.20 bits per heavy atom. The zero-order chi connectivity index (χ0) is 15.0. The number of hydrogen-bond donors (Lipinski definition) is 0. The smallest absolute Gasteiger partial charge is 0.304 e. The molecule has 0 fully saturated rings. The second-order valence-electron chi connectivity index (χ2n) is 4.14. The van der Waals surface area contributed by atoms with Crippen LogP contribution in [-0.2, 0) is 13.6 Å². The first-order valence-corrected chi connectivity index (χ1v) is 8.27. The highest BCUT2D eigenvalue weighted by atomic mass is 31.2. The lowest BCUT2D eigenvalue weighted by Gasteiger charge is -2.17. The lowest BCUT2D eigenvalue weighted by molar-refractivity contribution is 0.232. The van der Waals surface area contributed by atoms with Crippen LogP contribution in [0.25, 0.3) is 0 Å². The highest BCUT2D eigenvalue weighted by Gasteiger charge is 2.29. The van der Waals surface area contributed by atoms with Crippen molar-refractivity contribution in [2.45, 2.75) is 27.7 Å². The van der Waals surface area contributed by atoms with E-state index in [0.717, 1.165) is 11.3 Å². The number of aliphatic imine (C=N–C) groups is 1. The molecule has 0 bridgehead atoms. The van der Waals surface area contributed by atoms with Crippen LogP contribution in [0.4, 0.5) is 5.69 Å². The predicted molar refractivity (Wildman–Crippen MR) is 83.9 cm³/mol. The molecule has 1 aromatic rings. The number of rotatable bonds is 7. The van der Waals surface area contributed by atoms with E-state index >= 15 is 0 Å². The summed E-state index contributed by atoms with van der Waals surface area (Å²) in [7, 11) is -3.36. The van der Waals surface area contributed by atoms with Crippen LogP contribution >= 0.6 is 7.60 Å². The Morgan fingerprint density at radius 2 is 1.75 bits per heavy atom. The summed E-state index contributed by atoms with van der Waals surface area (Å²) < 4.78 is 23.4. The molecule has 0 aliphatic heterocycles. The molecule has 110 valence electrons. The van der Waals surface area contributed by atoms with E-state index in [4.69, 9.17) is 9.05 Å². The summed E-state index contributed by atoms with van der Waals surface area (Å²) in [4.78, 5) is 4.42. The quantitative estimate of drug-likeness (QED) is 0.532. The molecule has 0 N–H and O–H groups in total. The van der Waals surface area contributed by atoms with Crippen molar-refractivity contribution < 1.29 is 13.6 Å². The molecule has 0 spiro atoms. The summed E-state index contributed by atoms with van der Waals surface area (Å²) in [6.07, 6.45) is 3.45. The van der Waals surface area contributed by atoms with Gasteiger partial charge in [0, 0.05) is 0 Å². The maximum absolute atomic E-state index is 12.7. The highest BCUT2D eigenvalue weighted by molar-refractivity contribution is 7.72. The van der Waals surface area contributed by atoms with Crippen molar-refractivity contribution in [2.24, 2.45) is 4.99 Å². The molecule has 0 aromatic heterocycles. The first kappa shape index (κ1) is 16.8. The Bertz CT molecular complexity index is 510. The Morgan fingerprint density at radius 1 is 1.20 bits per heavy atom. The molecule has 1 aromatic carbocycles. The summed E-state index contributed by atoms with van der Waals surface area (Å²) in [6.45, 7) is 8.03. The summed E-state index contributed by atoms with van der Waals surface area (Å²) in [6, 6.07) is 7.67. The molecule has 5 heteroatoms. The van der Waals surface area contributed by atoms with Crippen LogP contribution in [0.3, 0.4) is 0 Å². The second-order valence-corrected chi connectivity index (χ2v) is 6.11. The van der Waals surface area contributed by atoms with Crippen molar-refractivity contribution in [3.05, 3.63) is 42.0 Å². The normalized spacial score (nSPS) is 13.1. The zero-order valence-corrected chi connectivity index (χ0v) is 13.4. The fraction of sp³-hybridized carbons (Fsp3) is 0.400. The van der Waals surface area contributed by atoms with Gasteiger partial charge in [-0.05, 0) is 45.9 Å². The van der Waals surface area contributed by atoms with Crippen molar-refractivity contribution in [3.8, 4) is 0 Å². The van der Waals surface area contributed by atoms with E-state index in [1.54, 1.807) is 26.0 Å². The number of aryl methyl sites for hydroxylation is 1. The number of allylic oxidation sites excluding steroid dienone is 2. The lowest BCUT2D eigenvalue weighted by Crippen LogP contribution is -2.05. The maximum atomic E-state index is 12.7. The number of hydrogen-bond acceptors (Lipinski definition) is 4. The molecule has 0 saturated carbocycles. The topological polar surface area (TPSA) is 47.9 Å². The van der Waals surface area contributed by atoms with Crippen molar-refractivity contribution in [1.29, 1.82) is 0 Å². The van der Waals surface area contributed by atoms with E-state index in [-0.39, 0.29) is 0 Å². The zero-order valence-electron chi connectivity index (χ0n) is 12.5. The largest absolute Gasteiger partial charge is 0.379 e. The van der Waals surface area contributed by atoms with Crippen LogP contribution in [-0.4, -0.2) is 18.7 Å². The highest BCUT2D eigenvalue weighted by Crippen LogP contribution is 2.50. The van der Waals surface area contributed by atoms with E-state index in [0.29, 0.717) is 18.7 Å². The summed E-state index contributed by atoms with van der Waals surface area (Å²) in [5.74, 6) is 0. The molecule has 0 atom stereocenters. The molecular weight excluding hydrogens is 273 g/mol. The summed E-state index contributed by atoms with van der Waals surface area (Å²) >= 11 is 0. The van der Waals surface area contributed by atoms with E-state index in [9.17, 15) is 4.57 Å². The van der Waals surface area contributed by atoms with Crippen LogP contribution in [0, 0.1) is 6.92 Å². The van der Waals surface area contributed by atoms with Crippen molar-refractivity contribution >= 4 is 18.7 Å². The molecule has 0 unspecified atom stereocenters. The van der Waals surface area contributed by atoms with Gasteiger partial charge in [-0.3, -0.25) is 4.57 Å². The second kappa shape index (κ2) is 8.15. The van der Waals surface area contributed by atoms with Gasteiger partial charge >= 0.3 is 7.60 Å². The minimum Gasteiger partial charge on any atom is -0.304 e. The van der Waals surface area contributed by atoms with Gasteiger partial charge in [-0.25, -0.2) is 4.99 Å². The molecule has 0 radical (unpaired) electrons. The van der Waals surface area contributed by atoms with Gasteiger partial charge in [0.15, 0.2) is 5.45 Å². The summed E-state index contributed by atoms with van der Waals surface area (Å²) in [5.41, 5.74) is 2.20. The van der Waals surface area contributed by atoms with E-state index in [1.807, 2.05) is 38.1 Å². The average Bonchev–Trinajstić information content (AvgIpc) is 2.41. The van der Waals surface area contributed by atoms with Crippen LogP contribution in [0.2, 0.25) is 0 Å². The Hall–Kier alpha value is -1.22. The molecule has 0 saturated heterocycles. The van der Waals surface area contributed by atoms with Gasteiger partial charge in [0.1, 0.15) is 0 Å². The fourth-order valence-electron chi connectivity index (χ4n) is 1.60. The number of nitrogens with zero attached hydrogens (tertiary/aromatic N) is 1. The molecule has 20 heavy (non-hydrogen) atoms. The van der Waals surface area contributed by atoms with Crippen LogP contribution in [0.1, 0.15) is 26.3 Å². The van der Waals surface area contributed by atoms with Crippen LogP contribution in [0.15, 0.2) is 41.4 Å². The lowest BCUT2D eigenvalue weighted by atomic mass is 10.2.